The summed E-state index contributed by atoms with van der Waals surface area (Å²) in [4.78, 5) is 6.81. The topological polar surface area (TPSA) is 77.8 Å². The standard InChI is InChI=1S/C21H22ClN7/c1-14-25-26-21(28(14)16-8-6-15(22)7-9-16)27-12-10-17(11-13-27)29-19-5-3-2-4-18(19)24-20(29)23/h2-9,17H,10-13H2,1H3,(H2,23,24). The van der Waals surface area contributed by atoms with Crippen LogP contribution in [0.25, 0.3) is 16.7 Å². The van der Waals surface area contributed by atoms with E-state index in [1.54, 1.807) is 0 Å². The van der Waals surface area contributed by atoms with Gasteiger partial charge in [0.25, 0.3) is 0 Å². The zero-order valence-electron chi connectivity index (χ0n) is 16.2. The minimum Gasteiger partial charge on any atom is -0.369 e. The largest absolute Gasteiger partial charge is 0.369 e. The Morgan fingerprint density at radius 1 is 1.00 bits per heavy atom. The second-order valence-electron chi connectivity index (χ2n) is 7.41. The van der Waals surface area contributed by atoms with Crippen molar-refractivity contribution in [2.75, 3.05) is 23.7 Å². The molecule has 8 heteroatoms. The van der Waals surface area contributed by atoms with Gasteiger partial charge in [0.05, 0.1) is 16.7 Å². The van der Waals surface area contributed by atoms with Crippen LogP contribution in [-0.2, 0) is 0 Å². The molecule has 148 valence electrons. The fourth-order valence-corrected chi connectivity index (χ4v) is 4.35. The third-order valence-corrected chi connectivity index (χ3v) is 5.88. The Morgan fingerprint density at radius 2 is 1.72 bits per heavy atom. The Hall–Kier alpha value is -3.06. The maximum absolute atomic E-state index is 6.25. The van der Waals surface area contributed by atoms with Crippen molar-refractivity contribution in [1.82, 2.24) is 24.3 Å². The first kappa shape index (κ1) is 18.0. The summed E-state index contributed by atoms with van der Waals surface area (Å²) in [5.41, 5.74) is 9.31. The van der Waals surface area contributed by atoms with E-state index in [0.717, 1.165) is 54.4 Å². The average molecular weight is 408 g/mol. The van der Waals surface area contributed by atoms with E-state index in [1.165, 1.54) is 0 Å². The zero-order chi connectivity index (χ0) is 20.0. The van der Waals surface area contributed by atoms with Crippen LogP contribution in [0.3, 0.4) is 0 Å². The lowest BCUT2D eigenvalue weighted by Crippen LogP contribution is -2.36. The highest BCUT2D eigenvalue weighted by molar-refractivity contribution is 6.30. The van der Waals surface area contributed by atoms with Crippen molar-refractivity contribution in [1.29, 1.82) is 0 Å². The first-order valence-electron chi connectivity index (χ1n) is 9.77. The molecule has 7 nitrogen and oxygen atoms in total. The molecule has 0 bridgehead atoms. The van der Waals surface area contributed by atoms with Gasteiger partial charge in [-0.15, -0.1) is 10.2 Å². The van der Waals surface area contributed by atoms with E-state index in [2.05, 4.69) is 35.3 Å². The normalized spacial score (nSPS) is 15.3. The quantitative estimate of drug-likeness (QED) is 0.555. The van der Waals surface area contributed by atoms with Crippen LogP contribution >= 0.6 is 11.6 Å². The number of para-hydroxylation sites is 2. The van der Waals surface area contributed by atoms with Crippen LogP contribution in [0.1, 0.15) is 24.7 Å². The van der Waals surface area contributed by atoms with Gasteiger partial charge in [0.15, 0.2) is 0 Å². The number of nitrogens with two attached hydrogens (primary N) is 1. The van der Waals surface area contributed by atoms with Crippen LogP contribution in [-0.4, -0.2) is 37.4 Å². The number of halogens is 1. The van der Waals surface area contributed by atoms with Crippen molar-refractivity contribution in [3.63, 3.8) is 0 Å². The Morgan fingerprint density at radius 3 is 2.48 bits per heavy atom. The maximum atomic E-state index is 6.25. The van der Waals surface area contributed by atoms with Crippen LogP contribution < -0.4 is 10.6 Å². The Kier molecular flexibility index (Phi) is 4.39. The van der Waals surface area contributed by atoms with Crippen molar-refractivity contribution in [2.24, 2.45) is 0 Å². The molecule has 29 heavy (non-hydrogen) atoms. The Labute approximate surface area is 173 Å². The molecule has 2 aromatic carbocycles. The number of aryl methyl sites for hydroxylation is 1. The third kappa shape index (κ3) is 3.11. The number of benzene rings is 2. The number of hydrogen-bond acceptors (Lipinski definition) is 5. The summed E-state index contributed by atoms with van der Waals surface area (Å²) in [6.45, 7) is 3.72. The highest BCUT2D eigenvalue weighted by Gasteiger charge is 2.27. The lowest BCUT2D eigenvalue weighted by atomic mass is 10.0. The number of hydrogen-bond donors (Lipinski definition) is 1. The summed E-state index contributed by atoms with van der Waals surface area (Å²) in [6, 6.07) is 16.2. The number of imidazole rings is 1. The second-order valence-corrected chi connectivity index (χ2v) is 7.84. The van der Waals surface area contributed by atoms with Gasteiger partial charge in [-0.05, 0) is 56.2 Å². The Bertz CT molecular complexity index is 1150. The van der Waals surface area contributed by atoms with Crippen molar-refractivity contribution >= 4 is 34.5 Å². The predicted octanol–water partition coefficient (Wildman–Crippen LogP) is 4.00. The molecule has 0 radical (unpaired) electrons. The molecule has 2 aromatic heterocycles. The number of anilines is 2. The number of piperidine rings is 1. The summed E-state index contributed by atoms with van der Waals surface area (Å²) in [5, 5.41) is 9.49. The fraction of sp³-hybridized carbons (Fsp3) is 0.286. The molecule has 0 saturated carbocycles. The van der Waals surface area contributed by atoms with Crippen molar-refractivity contribution in [2.45, 2.75) is 25.8 Å². The first-order chi connectivity index (χ1) is 14.1. The van der Waals surface area contributed by atoms with Gasteiger partial charge >= 0.3 is 0 Å². The summed E-state index contributed by atoms with van der Waals surface area (Å²) in [6.07, 6.45) is 1.94. The van der Waals surface area contributed by atoms with Crippen LogP contribution in [0.2, 0.25) is 5.02 Å². The minimum atomic E-state index is 0.326. The molecule has 4 aromatic rings. The molecule has 0 spiro atoms. The fourth-order valence-electron chi connectivity index (χ4n) is 4.22. The molecule has 0 atom stereocenters. The van der Waals surface area contributed by atoms with Gasteiger partial charge in [0, 0.05) is 24.2 Å². The van der Waals surface area contributed by atoms with Crippen LogP contribution in [0, 0.1) is 6.92 Å². The number of fused-ring (bicyclic) bond motifs is 1. The molecule has 1 aliphatic rings. The Balaban J connectivity index is 1.40. The van der Waals surface area contributed by atoms with Gasteiger partial charge in [-0.25, -0.2) is 4.98 Å². The maximum Gasteiger partial charge on any atom is 0.231 e. The summed E-state index contributed by atoms with van der Waals surface area (Å²) < 4.78 is 4.26. The highest BCUT2D eigenvalue weighted by Crippen LogP contribution is 2.32. The molecule has 2 N–H and O–H groups in total. The monoisotopic (exact) mass is 407 g/mol. The van der Waals surface area contributed by atoms with Gasteiger partial charge in [-0.2, -0.15) is 0 Å². The van der Waals surface area contributed by atoms with Crippen molar-refractivity contribution in [3.8, 4) is 5.69 Å². The van der Waals surface area contributed by atoms with Gasteiger partial charge in [-0.3, -0.25) is 4.57 Å². The number of nitrogens with zero attached hydrogens (tertiary/aromatic N) is 6. The summed E-state index contributed by atoms with van der Waals surface area (Å²) in [7, 11) is 0. The molecular formula is C21H22ClN7. The van der Waals surface area contributed by atoms with E-state index < -0.39 is 0 Å². The highest BCUT2D eigenvalue weighted by atomic mass is 35.5. The molecule has 3 heterocycles. The van der Waals surface area contributed by atoms with E-state index >= 15 is 0 Å². The SMILES string of the molecule is Cc1nnc(N2CCC(n3c(N)nc4ccccc43)CC2)n1-c1ccc(Cl)cc1. The molecule has 1 aliphatic heterocycles. The third-order valence-electron chi connectivity index (χ3n) is 5.63. The number of aromatic nitrogens is 5. The van der Waals surface area contributed by atoms with E-state index in [4.69, 9.17) is 17.3 Å². The molecule has 0 unspecified atom stereocenters. The average Bonchev–Trinajstić information content (AvgIpc) is 3.28. The summed E-state index contributed by atoms with van der Waals surface area (Å²) in [5.74, 6) is 2.31. The minimum absolute atomic E-state index is 0.326. The van der Waals surface area contributed by atoms with Crippen molar-refractivity contribution < 1.29 is 0 Å². The van der Waals surface area contributed by atoms with Crippen molar-refractivity contribution in [3.05, 3.63) is 59.4 Å². The molecule has 0 aliphatic carbocycles. The van der Waals surface area contributed by atoms with E-state index in [1.807, 2.05) is 49.4 Å². The van der Waals surface area contributed by atoms with Gasteiger partial charge in [0.1, 0.15) is 5.82 Å². The molecule has 1 fully saturated rings. The smallest absolute Gasteiger partial charge is 0.231 e. The molecule has 5 rings (SSSR count). The predicted molar refractivity (Wildman–Crippen MR) is 116 cm³/mol. The zero-order valence-corrected chi connectivity index (χ0v) is 16.9. The van der Waals surface area contributed by atoms with E-state index in [9.17, 15) is 0 Å². The van der Waals surface area contributed by atoms with Crippen LogP contribution in [0.15, 0.2) is 48.5 Å². The second kappa shape index (κ2) is 7.08. The number of nitrogen functional groups attached to an aromatic ring is 1. The summed E-state index contributed by atoms with van der Waals surface area (Å²) >= 11 is 6.05. The first-order valence-corrected chi connectivity index (χ1v) is 10.1. The van der Waals surface area contributed by atoms with E-state index in [-0.39, 0.29) is 0 Å². The van der Waals surface area contributed by atoms with Gasteiger partial charge in [0.2, 0.25) is 11.9 Å². The lowest BCUT2D eigenvalue weighted by Gasteiger charge is -2.33. The van der Waals surface area contributed by atoms with Crippen LogP contribution in [0.4, 0.5) is 11.9 Å². The molecular weight excluding hydrogens is 386 g/mol. The van der Waals surface area contributed by atoms with Gasteiger partial charge in [-0.1, -0.05) is 23.7 Å². The lowest BCUT2D eigenvalue weighted by molar-refractivity contribution is 0.404. The molecule has 0 amide bonds. The van der Waals surface area contributed by atoms with Crippen LogP contribution in [0.5, 0.6) is 0 Å². The van der Waals surface area contributed by atoms with Gasteiger partial charge < -0.3 is 15.2 Å². The number of rotatable bonds is 3. The molecule has 1 saturated heterocycles. The van der Waals surface area contributed by atoms with E-state index in [0.29, 0.717) is 17.0 Å².